The quantitative estimate of drug-likeness (QED) is 0.488. The van der Waals surface area contributed by atoms with E-state index in [0.29, 0.717) is 37.3 Å². The number of halogens is 3. The van der Waals surface area contributed by atoms with E-state index in [-0.39, 0.29) is 11.7 Å². The minimum Gasteiger partial charge on any atom is -0.454 e. The fourth-order valence-corrected chi connectivity index (χ4v) is 3.55. The Hall–Kier alpha value is -2.90. The van der Waals surface area contributed by atoms with Gasteiger partial charge in [-0.15, -0.1) is 0 Å². The number of carbonyl (C=O) groups excluding carboxylic acids is 2. The van der Waals surface area contributed by atoms with Gasteiger partial charge in [0.2, 0.25) is 5.78 Å². The predicted octanol–water partition coefficient (Wildman–Crippen LogP) is 4.69. The van der Waals surface area contributed by atoms with E-state index in [1.807, 2.05) is 24.0 Å². The molecule has 3 rings (SSSR count). The monoisotopic (exact) mass is 434 g/mol. The summed E-state index contributed by atoms with van der Waals surface area (Å²) in [5.74, 6) is -0.587. The third-order valence-electron chi connectivity index (χ3n) is 5.54. The maximum absolute atomic E-state index is 12.7. The van der Waals surface area contributed by atoms with Crippen molar-refractivity contribution >= 4 is 17.6 Å². The Kier molecular flexibility index (Phi) is 6.97. The minimum atomic E-state index is -4.42. The molecule has 0 N–H and O–H groups in total. The standard InChI is InChI=1S/C23H25F3N2O3/c1-3-16-4-6-17(7-5-16)21(29)15(2)31-22(30)18-10-12-28(13-11-18)20-9-8-19(14-27-20)23(24,25)26/h4-9,14-15,18H,3,10-13H2,1-2H3. The van der Waals surface area contributed by atoms with E-state index in [1.165, 1.54) is 6.07 Å². The number of benzene rings is 1. The highest BCUT2D eigenvalue weighted by atomic mass is 19.4. The van der Waals surface area contributed by atoms with E-state index in [4.69, 9.17) is 4.74 Å². The maximum Gasteiger partial charge on any atom is 0.417 e. The molecule has 1 atom stereocenters. The number of ketones is 1. The van der Waals surface area contributed by atoms with Gasteiger partial charge in [-0.05, 0) is 43.9 Å². The Morgan fingerprint density at radius 3 is 2.29 bits per heavy atom. The topological polar surface area (TPSA) is 59.5 Å². The van der Waals surface area contributed by atoms with Crippen LogP contribution in [0.25, 0.3) is 0 Å². The van der Waals surface area contributed by atoms with E-state index in [0.717, 1.165) is 24.2 Å². The molecule has 1 aromatic carbocycles. The number of alkyl halides is 3. The van der Waals surface area contributed by atoms with Crippen molar-refractivity contribution in [3.8, 4) is 0 Å². The van der Waals surface area contributed by atoms with Gasteiger partial charge in [-0.1, -0.05) is 31.2 Å². The fourth-order valence-electron chi connectivity index (χ4n) is 3.55. The second-order valence-electron chi connectivity index (χ2n) is 7.66. The van der Waals surface area contributed by atoms with Gasteiger partial charge in [-0.25, -0.2) is 4.98 Å². The van der Waals surface area contributed by atoms with Gasteiger partial charge in [0.15, 0.2) is 6.10 Å². The largest absolute Gasteiger partial charge is 0.454 e. The Balaban J connectivity index is 1.52. The van der Waals surface area contributed by atoms with E-state index in [1.54, 1.807) is 19.1 Å². The van der Waals surface area contributed by atoms with Crippen molar-refractivity contribution in [2.75, 3.05) is 18.0 Å². The van der Waals surface area contributed by atoms with Crippen LogP contribution >= 0.6 is 0 Å². The molecule has 1 aliphatic heterocycles. The first-order valence-corrected chi connectivity index (χ1v) is 10.3. The van der Waals surface area contributed by atoms with Gasteiger partial charge in [-0.3, -0.25) is 9.59 Å². The van der Waals surface area contributed by atoms with Crippen molar-refractivity contribution in [3.63, 3.8) is 0 Å². The molecule has 0 saturated carbocycles. The molecule has 1 aromatic heterocycles. The summed E-state index contributed by atoms with van der Waals surface area (Å²) in [5.41, 5.74) is 0.828. The lowest BCUT2D eigenvalue weighted by atomic mass is 9.96. The highest BCUT2D eigenvalue weighted by Crippen LogP contribution is 2.30. The zero-order valence-electron chi connectivity index (χ0n) is 17.5. The molecule has 1 aliphatic rings. The third-order valence-corrected chi connectivity index (χ3v) is 5.54. The first-order chi connectivity index (χ1) is 14.7. The second-order valence-corrected chi connectivity index (χ2v) is 7.66. The van der Waals surface area contributed by atoms with E-state index in [9.17, 15) is 22.8 Å². The van der Waals surface area contributed by atoms with Crippen molar-refractivity contribution < 1.29 is 27.5 Å². The van der Waals surface area contributed by atoms with Crippen LogP contribution in [0.1, 0.15) is 48.2 Å². The number of hydrogen-bond donors (Lipinski definition) is 0. The number of hydrogen-bond acceptors (Lipinski definition) is 5. The molecular formula is C23H25F3N2O3. The van der Waals surface area contributed by atoms with Crippen LogP contribution < -0.4 is 4.90 Å². The zero-order chi connectivity index (χ0) is 22.6. The number of aromatic nitrogens is 1. The summed E-state index contributed by atoms with van der Waals surface area (Å²) in [5, 5.41) is 0. The van der Waals surface area contributed by atoms with Gasteiger partial charge in [0, 0.05) is 24.8 Å². The van der Waals surface area contributed by atoms with Crippen LogP contribution in [-0.2, 0) is 22.1 Å². The normalized spacial score (nSPS) is 16.1. The summed E-state index contributed by atoms with van der Waals surface area (Å²) in [6.07, 6.45) is -2.65. The number of esters is 1. The molecule has 0 aliphatic carbocycles. The summed E-state index contributed by atoms with van der Waals surface area (Å²) in [4.78, 5) is 30.8. The van der Waals surface area contributed by atoms with Crippen LogP contribution in [0.5, 0.6) is 0 Å². The van der Waals surface area contributed by atoms with Gasteiger partial charge in [0.05, 0.1) is 11.5 Å². The minimum absolute atomic E-state index is 0.248. The summed E-state index contributed by atoms with van der Waals surface area (Å²) in [6, 6.07) is 9.58. The molecule has 1 fully saturated rings. The SMILES string of the molecule is CCc1ccc(C(=O)C(C)OC(=O)C2CCN(c3ccc(C(F)(F)F)cn3)CC2)cc1. The number of carbonyl (C=O) groups is 2. The number of rotatable bonds is 6. The average molecular weight is 434 g/mol. The lowest BCUT2D eigenvalue weighted by Crippen LogP contribution is -2.38. The highest BCUT2D eigenvalue weighted by molar-refractivity contribution is 6.00. The molecule has 1 unspecified atom stereocenters. The maximum atomic E-state index is 12.7. The molecular weight excluding hydrogens is 409 g/mol. The number of piperidine rings is 1. The summed E-state index contributed by atoms with van der Waals surface area (Å²) >= 11 is 0. The number of ether oxygens (including phenoxy) is 1. The number of nitrogens with zero attached hydrogens (tertiary/aromatic N) is 2. The molecule has 0 radical (unpaired) electrons. The Labute approximate surface area is 179 Å². The number of Topliss-reactive ketones (excluding diaryl/α,β-unsaturated/α-hetero) is 1. The van der Waals surface area contributed by atoms with Crippen molar-refractivity contribution in [2.45, 2.75) is 45.4 Å². The Morgan fingerprint density at radius 2 is 1.77 bits per heavy atom. The summed E-state index contributed by atoms with van der Waals surface area (Å²) in [7, 11) is 0. The van der Waals surface area contributed by atoms with Gasteiger partial charge in [-0.2, -0.15) is 13.2 Å². The van der Waals surface area contributed by atoms with Crippen molar-refractivity contribution in [1.82, 2.24) is 4.98 Å². The molecule has 2 aromatic rings. The molecule has 0 bridgehead atoms. The van der Waals surface area contributed by atoms with Crippen LogP contribution in [0.3, 0.4) is 0 Å². The van der Waals surface area contributed by atoms with Crippen LogP contribution in [0.4, 0.5) is 19.0 Å². The smallest absolute Gasteiger partial charge is 0.417 e. The highest BCUT2D eigenvalue weighted by Gasteiger charge is 2.32. The predicted molar refractivity (Wildman–Crippen MR) is 110 cm³/mol. The van der Waals surface area contributed by atoms with Gasteiger partial charge >= 0.3 is 12.1 Å². The fraction of sp³-hybridized carbons (Fsp3) is 0.435. The van der Waals surface area contributed by atoms with Gasteiger partial charge < -0.3 is 9.64 Å². The van der Waals surface area contributed by atoms with E-state index < -0.39 is 23.8 Å². The van der Waals surface area contributed by atoms with Crippen LogP contribution in [0, 0.1) is 5.92 Å². The number of aryl methyl sites for hydroxylation is 1. The first kappa shape index (κ1) is 22.8. The van der Waals surface area contributed by atoms with Crippen molar-refractivity contribution in [1.29, 1.82) is 0 Å². The van der Waals surface area contributed by atoms with Gasteiger partial charge in [0.25, 0.3) is 0 Å². The second kappa shape index (κ2) is 9.49. The molecule has 166 valence electrons. The first-order valence-electron chi connectivity index (χ1n) is 10.3. The van der Waals surface area contributed by atoms with Crippen LogP contribution in [-0.4, -0.2) is 35.9 Å². The lowest BCUT2D eigenvalue weighted by Gasteiger charge is -2.32. The van der Waals surface area contributed by atoms with Crippen LogP contribution in [0.15, 0.2) is 42.6 Å². The van der Waals surface area contributed by atoms with E-state index in [2.05, 4.69) is 4.98 Å². The number of pyridine rings is 1. The number of anilines is 1. The molecule has 8 heteroatoms. The third kappa shape index (κ3) is 5.62. The summed E-state index contributed by atoms with van der Waals surface area (Å²) < 4.78 is 43.4. The van der Waals surface area contributed by atoms with Crippen LogP contribution in [0.2, 0.25) is 0 Å². The molecule has 0 spiro atoms. The van der Waals surface area contributed by atoms with Gasteiger partial charge in [0.1, 0.15) is 5.82 Å². The summed E-state index contributed by atoms with van der Waals surface area (Å²) in [6.45, 7) is 4.53. The Bertz CT molecular complexity index is 903. The molecule has 5 nitrogen and oxygen atoms in total. The molecule has 1 saturated heterocycles. The van der Waals surface area contributed by atoms with Crippen molar-refractivity contribution in [2.24, 2.45) is 5.92 Å². The lowest BCUT2D eigenvalue weighted by molar-refractivity contribution is -0.152. The van der Waals surface area contributed by atoms with E-state index >= 15 is 0 Å². The molecule has 0 amide bonds. The Morgan fingerprint density at radius 1 is 1.13 bits per heavy atom. The molecule has 31 heavy (non-hydrogen) atoms. The van der Waals surface area contributed by atoms with Crippen molar-refractivity contribution in [3.05, 3.63) is 59.3 Å². The molecule has 2 heterocycles. The average Bonchev–Trinajstić information content (AvgIpc) is 2.78. The zero-order valence-corrected chi connectivity index (χ0v) is 17.5.